The van der Waals surface area contributed by atoms with Crippen LogP contribution >= 0.6 is 15.2 Å². The molecule has 1 rings (SSSR count). The van der Waals surface area contributed by atoms with Crippen LogP contribution in [0.5, 0.6) is 5.75 Å². The molecule has 1 aromatic rings. The molecule has 24 heavy (non-hydrogen) atoms. The standard InChI is InChI=1S/C11H19NO7P2.2Na.H2O/c13-20(14,15)11(21(16,17)18)12-8-4-5-9-19-10-6-2-1-3-7-10;;;/h1-3,6-7,11-12H,4-5,8-9H2,(H2,13,14,15)(H2,16,17,18);;;1H2/q;2*+1;/p-2. The zero-order chi connectivity index (χ0) is 15.9. The fraction of sp³-hybridized carbons (Fsp3) is 0.455. The molecular formula is C11H19NNa2O8P2. The van der Waals surface area contributed by atoms with E-state index in [0.717, 1.165) is 0 Å². The van der Waals surface area contributed by atoms with E-state index in [9.17, 15) is 18.9 Å². The first-order chi connectivity index (χ1) is 9.71. The van der Waals surface area contributed by atoms with Crippen LogP contribution in [-0.4, -0.2) is 33.9 Å². The van der Waals surface area contributed by atoms with Gasteiger partial charge in [-0.2, -0.15) is 0 Å². The summed E-state index contributed by atoms with van der Waals surface area (Å²) >= 11 is 0. The third-order valence-electron chi connectivity index (χ3n) is 2.53. The molecule has 128 valence electrons. The Morgan fingerprint density at radius 3 is 2.08 bits per heavy atom. The maximum Gasteiger partial charge on any atom is 1.00 e. The van der Waals surface area contributed by atoms with Gasteiger partial charge >= 0.3 is 66.7 Å². The van der Waals surface area contributed by atoms with Crippen LogP contribution in [0.15, 0.2) is 30.3 Å². The SMILES string of the molecule is O.O=P([O-])([O-])C(NCCCCOc1ccccc1)P(=O)(O)O.[Na+].[Na+]. The van der Waals surface area contributed by atoms with E-state index in [4.69, 9.17) is 14.5 Å². The summed E-state index contributed by atoms with van der Waals surface area (Å²) in [6, 6.07) is 9.06. The fourth-order valence-corrected chi connectivity index (χ4v) is 3.77. The number of unbranched alkanes of at least 4 members (excludes halogenated alkanes) is 1. The summed E-state index contributed by atoms with van der Waals surface area (Å²) in [5, 5.41) is 2.09. The van der Waals surface area contributed by atoms with Gasteiger partial charge in [-0.1, -0.05) is 18.2 Å². The minimum atomic E-state index is -5.41. The van der Waals surface area contributed by atoms with Gasteiger partial charge in [0, 0.05) is 0 Å². The molecule has 0 amide bonds. The van der Waals surface area contributed by atoms with Crippen molar-refractivity contribution in [2.75, 3.05) is 13.2 Å². The Hall–Kier alpha value is 1.24. The second kappa shape index (κ2) is 14.3. The fourth-order valence-electron chi connectivity index (χ4n) is 1.58. The molecule has 1 unspecified atom stereocenters. The molecule has 0 aliphatic carbocycles. The van der Waals surface area contributed by atoms with Gasteiger partial charge in [-0.05, 0) is 39.1 Å². The van der Waals surface area contributed by atoms with Crippen LogP contribution in [0.3, 0.4) is 0 Å². The van der Waals surface area contributed by atoms with E-state index < -0.39 is 20.7 Å². The second-order valence-electron chi connectivity index (χ2n) is 4.33. The van der Waals surface area contributed by atoms with Crippen LogP contribution < -0.4 is 79.0 Å². The summed E-state index contributed by atoms with van der Waals surface area (Å²) in [5.74, 6) is 0.696. The number of benzene rings is 1. The molecule has 0 saturated carbocycles. The normalized spacial score (nSPS) is 12.2. The molecule has 0 saturated heterocycles. The van der Waals surface area contributed by atoms with Crippen LogP contribution in [0.4, 0.5) is 0 Å². The van der Waals surface area contributed by atoms with E-state index in [0.29, 0.717) is 25.2 Å². The third kappa shape index (κ3) is 12.6. The average Bonchev–Trinajstić information content (AvgIpc) is 2.35. The molecule has 0 aliphatic heterocycles. The van der Waals surface area contributed by atoms with E-state index in [1.807, 2.05) is 18.2 Å². The van der Waals surface area contributed by atoms with Crippen molar-refractivity contribution in [3.05, 3.63) is 30.3 Å². The Bertz CT molecular complexity index is 502. The summed E-state index contributed by atoms with van der Waals surface area (Å²) in [4.78, 5) is 39.2. The zero-order valence-corrected chi connectivity index (χ0v) is 19.4. The summed E-state index contributed by atoms with van der Waals surface area (Å²) in [7, 11) is -10.4. The van der Waals surface area contributed by atoms with Gasteiger partial charge in [0.25, 0.3) is 0 Å². The van der Waals surface area contributed by atoms with Gasteiger partial charge in [-0.3, -0.25) is 9.88 Å². The van der Waals surface area contributed by atoms with Crippen molar-refractivity contribution in [1.82, 2.24) is 5.32 Å². The summed E-state index contributed by atoms with van der Waals surface area (Å²) < 4.78 is 27.1. The molecule has 1 aromatic carbocycles. The summed E-state index contributed by atoms with van der Waals surface area (Å²) in [6.07, 6.45) is 0.946. The molecule has 0 aromatic heterocycles. The minimum Gasteiger partial charge on any atom is -0.809 e. The van der Waals surface area contributed by atoms with Gasteiger partial charge in [0.15, 0.2) is 0 Å². The van der Waals surface area contributed by atoms with Gasteiger partial charge in [0.05, 0.1) is 6.61 Å². The molecule has 5 N–H and O–H groups in total. The average molecular weight is 401 g/mol. The quantitative estimate of drug-likeness (QED) is 0.208. The third-order valence-corrected chi connectivity index (χ3v) is 5.88. The maximum atomic E-state index is 10.9. The molecule has 0 radical (unpaired) electrons. The van der Waals surface area contributed by atoms with E-state index in [1.54, 1.807) is 12.1 Å². The first kappa shape index (κ1) is 30.0. The van der Waals surface area contributed by atoms with Gasteiger partial charge in [-0.15, -0.1) is 0 Å². The molecule has 0 heterocycles. The predicted molar refractivity (Wildman–Crippen MR) is 76.2 cm³/mol. The predicted octanol–water partition coefficient (Wildman–Crippen LogP) is -7.01. The van der Waals surface area contributed by atoms with Crippen molar-refractivity contribution in [2.45, 2.75) is 18.4 Å². The van der Waals surface area contributed by atoms with Crippen molar-refractivity contribution >= 4 is 15.2 Å². The Kier molecular flexibility index (Phi) is 17.9. The van der Waals surface area contributed by atoms with Gasteiger partial charge < -0.3 is 34.4 Å². The Balaban J connectivity index is -0.00000147. The van der Waals surface area contributed by atoms with Crippen LogP contribution in [0.1, 0.15) is 12.8 Å². The monoisotopic (exact) mass is 401 g/mol. The van der Waals surface area contributed by atoms with Crippen molar-refractivity contribution in [2.24, 2.45) is 0 Å². The molecule has 1 atom stereocenters. The van der Waals surface area contributed by atoms with Crippen LogP contribution in [0.25, 0.3) is 0 Å². The van der Waals surface area contributed by atoms with Crippen LogP contribution in [0.2, 0.25) is 0 Å². The second-order valence-corrected chi connectivity index (χ2v) is 8.02. The van der Waals surface area contributed by atoms with Crippen molar-refractivity contribution in [3.63, 3.8) is 0 Å². The Labute approximate surface area is 184 Å². The van der Waals surface area contributed by atoms with Crippen molar-refractivity contribution < 1.29 is 98.0 Å². The van der Waals surface area contributed by atoms with Crippen LogP contribution in [0, 0.1) is 0 Å². The molecule has 0 fully saturated rings. The van der Waals surface area contributed by atoms with E-state index in [-0.39, 0.29) is 71.1 Å². The number of rotatable bonds is 9. The summed E-state index contributed by atoms with van der Waals surface area (Å²) in [5.41, 5.74) is -2.37. The van der Waals surface area contributed by atoms with Gasteiger partial charge in [-0.25, -0.2) is 0 Å². The Morgan fingerprint density at radius 1 is 1.08 bits per heavy atom. The summed E-state index contributed by atoms with van der Waals surface area (Å²) in [6.45, 7) is 0.362. The zero-order valence-electron chi connectivity index (χ0n) is 13.6. The molecule has 0 bridgehead atoms. The smallest absolute Gasteiger partial charge is 0.809 e. The number of hydrogen-bond donors (Lipinski definition) is 3. The van der Waals surface area contributed by atoms with Crippen molar-refractivity contribution in [3.8, 4) is 5.75 Å². The molecule has 0 aliphatic rings. The topological polar surface area (TPSA) is 173 Å². The molecular weight excluding hydrogens is 382 g/mol. The van der Waals surface area contributed by atoms with Gasteiger partial charge in [0.1, 0.15) is 11.3 Å². The molecule has 13 heteroatoms. The molecule has 0 spiro atoms. The van der Waals surface area contributed by atoms with E-state index >= 15 is 0 Å². The first-order valence-corrected chi connectivity index (χ1v) is 9.49. The van der Waals surface area contributed by atoms with Gasteiger partial charge in [0.2, 0.25) is 0 Å². The number of hydrogen-bond acceptors (Lipinski definition) is 6. The van der Waals surface area contributed by atoms with E-state index in [1.165, 1.54) is 0 Å². The molecule has 9 nitrogen and oxygen atoms in total. The maximum absolute atomic E-state index is 10.9. The largest absolute Gasteiger partial charge is 1.00 e. The number of para-hydroxylation sites is 1. The first-order valence-electron chi connectivity index (χ1n) is 6.19. The van der Waals surface area contributed by atoms with Crippen LogP contribution in [-0.2, 0) is 9.13 Å². The number of nitrogens with one attached hydrogen (secondary N) is 1. The minimum absolute atomic E-state index is 0. The van der Waals surface area contributed by atoms with E-state index in [2.05, 4.69) is 5.32 Å². The Morgan fingerprint density at radius 2 is 1.62 bits per heavy atom. The number of ether oxygens (including phenoxy) is 1. The van der Waals surface area contributed by atoms with Crippen molar-refractivity contribution in [1.29, 1.82) is 0 Å².